The summed E-state index contributed by atoms with van der Waals surface area (Å²) in [6.07, 6.45) is 2.89. The van der Waals surface area contributed by atoms with Crippen LogP contribution >= 0.6 is 0 Å². The van der Waals surface area contributed by atoms with Crippen molar-refractivity contribution in [3.05, 3.63) is 42.0 Å². The van der Waals surface area contributed by atoms with Crippen LogP contribution in [0.25, 0.3) is 0 Å². The van der Waals surface area contributed by atoms with Crippen LogP contribution in [0.4, 0.5) is 0 Å². The van der Waals surface area contributed by atoms with Crippen molar-refractivity contribution in [3.8, 4) is 5.75 Å². The molecule has 5 nitrogen and oxygen atoms in total. The first kappa shape index (κ1) is 13.6. The zero-order valence-corrected chi connectivity index (χ0v) is 11.9. The Morgan fingerprint density at radius 1 is 1.32 bits per heavy atom. The lowest BCUT2D eigenvalue weighted by Gasteiger charge is -2.13. The fraction of sp³-hybridized carbons (Fsp3) is 0.308. The highest BCUT2D eigenvalue weighted by molar-refractivity contribution is 7.90. The summed E-state index contributed by atoms with van der Waals surface area (Å²) < 4.78 is 31.8. The summed E-state index contributed by atoms with van der Waals surface area (Å²) in [7, 11) is -3.67. The predicted octanol–water partition coefficient (Wildman–Crippen LogP) is 2.14. The average molecular weight is 280 g/mol. The van der Waals surface area contributed by atoms with Gasteiger partial charge in [0.05, 0.1) is 6.61 Å². The van der Waals surface area contributed by atoms with E-state index in [1.165, 1.54) is 12.4 Å². The van der Waals surface area contributed by atoms with Crippen molar-refractivity contribution in [2.24, 2.45) is 0 Å². The Balaban J connectivity index is 2.64. The monoisotopic (exact) mass is 280 g/mol. The van der Waals surface area contributed by atoms with Crippen molar-refractivity contribution < 1.29 is 13.2 Å². The molecule has 0 unspecified atom stereocenters. The van der Waals surface area contributed by atoms with Gasteiger partial charge in [-0.05, 0) is 38.5 Å². The van der Waals surface area contributed by atoms with E-state index in [0.29, 0.717) is 18.2 Å². The van der Waals surface area contributed by atoms with E-state index in [0.717, 1.165) is 9.54 Å². The van der Waals surface area contributed by atoms with Gasteiger partial charge >= 0.3 is 0 Å². The van der Waals surface area contributed by atoms with Gasteiger partial charge < -0.3 is 4.74 Å². The molecule has 0 saturated carbocycles. The van der Waals surface area contributed by atoms with E-state index < -0.39 is 10.0 Å². The van der Waals surface area contributed by atoms with Crippen LogP contribution in [-0.2, 0) is 10.0 Å². The van der Waals surface area contributed by atoms with Crippen LogP contribution in [0.2, 0.25) is 0 Å². The molecule has 1 aromatic heterocycles. The lowest BCUT2D eigenvalue weighted by Crippen LogP contribution is -2.15. The Hall–Kier alpha value is -1.82. The van der Waals surface area contributed by atoms with E-state index in [-0.39, 0.29) is 4.90 Å². The predicted molar refractivity (Wildman–Crippen MR) is 71.9 cm³/mol. The molecule has 0 atom stereocenters. The number of ether oxygens (including phenoxy) is 1. The topological polar surface area (TPSA) is 61.2 Å². The van der Waals surface area contributed by atoms with Crippen molar-refractivity contribution in [1.82, 2.24) is 8.96 Å². The standard InChI is InChI=1S/C13H16N2O3S/c1-4-18-12-6-5-10(2)9-13(12)19(16,17)15-8-7-14-11(15)3/h5-9H,4H2,1-3H3. The summed E-state index contributed by atoms with van der Waals surface area (Å²) in [4.78, 5) is 4.11. The van der Waals surface area contributed by atoms with Gasteiger partial charge in [0.1, 0.15) is 16.5 Å². The van der Waals surface area contributed by atoms with Crippen molar-refractivity contribution in [2.75, 3.05) is 6.61 Å². The normalized spacial score (nSPS) is 11.5. The minimum absolute atomic E-state index is 0.162. The van der Waals surface area contributed by atoms with Gasteiger partial charge in [-0.25, -0.2) is 17.4 Å². The molecule has 1 aromatic carbocycles. The minimum Gasteiger partial charge on any atom is -0.492 e. The second kappa shape index (κ2) is 5.05. The molecule has 0 aliphatic heterocycles. The second-order valence-electron chi connectivity index (χ2n) is 4.16. The van der Waals surface area contributed by atoms with Crippen LogP contribution in [0.15, 0.2) is 35.5 Å². The number of imidazole rings is 1. The molecule has 0 amide bonds. The van der Waals surface area contributed by atoms with Crippen LogP contribution < -0.4 is 4.74 Å². The van der Waals surface area contributed by atoms with Gasteiger partial charge in [0, 0.05) is 12.4 Å². The largest absolute Gasteiger partial charge is 0.492 e. The van der Waals surface area contributed by atoms with Gasteiger partial charge in [0.2, 0.25) is 0 Å². The molecule has 0 radical (unpaired) electrons. The fourth-order valence-corrected chi connectivity index (χ4v) is 3.36. The van der Waals surface area contributed by atoms with E-state index in [9.17, 15) is 8.42 Å². The highest BCUT2D eigenvalue weighted by Gasteiger charge is 2.23. The highest BCUT2D eigenvalue weighted by Crippen LogP contribution is 2.27. The molecule has 0 fully saturated rings. The van der Waals surface area contributed by atoms with Gasteiger partial charge in [-0.1, -0.05) is 6.07 Å². The molecule has 0 bridgehead atoms. The smallest absolute Gasteiger partial charge is 0.272 e. The Labute approximate surface area is 112 Å². The summed E-state index contributed by atoms with van der Waals surface area (Å²) in [5.74, 6) is 0.783. The number of rotatable bonds is 4. The van der Waals surface area contributed by atoms with Crippen molar-refractivity contribution in [2.45, 2.75) is 25.7 Å². The third kappa shape index (κ3) is 2.49. The van der Waals surface area contributed by atoms with Gasteiger partial charge in [-0.3, -0.25) is 0 Å². The van der Waals surface area contributed by atoms with Crippen LogP contribution in [0.1, 0.15) is 18.3 Å². The van der Waals surface area contributed by atoms with Crippen LogP contribution in [-0.4, -0.2) is 24.0 Å². The number of benzene rings is 1. The molecule has 0 aliphatic rings. The van der Waals surface area contributed by atoms with Crippen molar-refractivity contribution >= 4 is 10.0 Å². The van der Waals surface area contributed by atoms with Crippen molar-refractivity contribution in [1.29, 1.82) is 0 Å². The first-order valence-corrected chi connectivity index (χ1v) is 7.39. The first-order chi connectivity index (χ1) is 8.96. The van der Waals surface area contributed by atoms with Gasteiger partial charge in [0.25, 0.3) is 10.0 Å². The fourth-order valence-electron chi connectivity index (χ4n) is 1.82. The summed E-state index contributed by atoms with van der Waals surface area (Å²) in [6.45, 7) is 5.72. The SMILES string of the molecule is CCOc1ccc(C)cc1S(=O)(=O)n1ccnc1C. The van der Waals surface area contributed by atoms with E-state index in [2.05, 4.69) is 4.98 Å². The molecule has 19 heavy (non-hydrogen) atoms. The maximum atomic E-state index is 12.6. The lowest BCUT2D eigenvalue weighted by molar-refractivity contribution is 0.331. The lowest BCUT2D eigenvalue weighted by atomic mass is 10.2. The molecule has 0 spiro atoms. The molecular formula is C13H16N2O3S. The molecule has 2 rings (SSSR count). The van der Waals surface area contributed by atoms with Gasteiger partial charge in [-0.2, -0.15) is 0 Å². The summed E-state index contributed by atoms with van der Waals surface area (Å²) in [5.41, 5.74) is 0.861. The molecule has 2 aromatic rings. The maximum Gasteiger partial charge on any atom is 0.272 e. The molecule has 1 heterocycles. The number of hydrogen-bond acceptors (Lipinski definition) is 4. The van der Waals surface area contributed by atoms with Gasteiger partial charge in [0.15, 0.2) is 0 Å². The highest BCUT2D eigenvalue weighted by atomic mass is 32.2. The summed E-state index contributed by atoms with van der Waals surface area (Å²) >= 11 is 0. The average Bonchev–Trinajstić information content (AvgIpc) is 2.78. The second-order valence-corrected chi connectivity index (χ2v) is 5.94. The van der Waals surface area contributed by atoms with Crippen LogP contribution in [0.5, 0.6) is 5.75 Å². The summed E-state index contributed by atoms with van der Waals surface area (Å²) in [5, 5.41) is 0. The van der Waals surface area contributed by atoms with E-state index in [1.807, 2.05) is 19.9 Å². The molecule has 0 aliphatic carbocycles. The minimum atomic E-state index is -3.67. The number of aromatic nitrogens is 2. The van der Waals surface area contributed by atoms with E-state index in [4.69, 9.17) is 4.74 Å². The molecule has 6 heteroatoms. The zero-order valence-electron chi connectivity index (χ0n) is 11.1. The molecular weight excluding hydrogens is 264 g/mol. The quantitative estimate of drug-likeness (QED) is 0.861. The number of aryl methyl sites for hydroxylation is 2. The Bertz CT molecular complexity index is 690. The number of nitrogens with zero attached hydrogens (tertiary/aromatic N) is 2. The van der Waals surface area contributed by atoms with Crippen LogP contribution in [0, 0.1) is 13.8 Å². The Morgan fingerprint density at radius 3 is 2.63 bits per heavy atom. The molecule has 102 valence electrons. The van der Waals surface area contributed by atoms with E-state index in [1.54, 1.807) is 19.1 Å². The zero-order chi connectivity index (χ0) is 14.0. The Morgan fingerprint density at radius 2 is 2.05 bits per heavy atom. The van der Waals surface area contributed by atoms with E-state index >= 15 is 0 Å². The third-order valence-corrected chi connectivity index (χ3v) is 4.50. The first-order valence-electron chi connectivity index (χ1n) is 5.95. The molecule has 0 saturated heterocycles. The molecule has 0 N–H and O–H groups in total. The maximum absolute atomic E-state index is 12.6. The number of hydrogen-bond donors (Lipinski definition) is 0. The summed E-state index contributed by atoms with van der Waals surface area (Å²) in [6, 6.07) is 5.11. The Kier molecular flexibility index (Phi) is 3.61. The third-order valence-electron chi connectivity index (χ3n) is 2.72. The van der Waals surface area contributed by atoms with Crippen molar-refractivity contribution in [3.63, 3.8) is 0 Å². The van der Waals surface area contributed by atoms with Gasteiger partial charge in [-0.15, -0.1) is 0 Å². The van der Waals surface area contributed by atoms with Crippen LogP contribution in [0.3, 0.4) is 0 Å².